The van der Waals surface area contributed by atoms with Gasteiger partial charge in [0, 0.05) is 12.6 Å². The van der Waals surface area contributed by atoms with E-state index in [0.717, 1.165) is 32.0 Å². The quantitative estimate of drug-likeness (QED) is 0.826. The molecule has 1 unspecified atom stereocenters. The number of rotatable bonds is 6. The van der Waals surface area contributed by atoms with Gasteiger partial charge in [-0.15, -0.1) is 10.2 Å². The van der Waals surface area contributed by atoms with E-state index in [2.05, 4.69) is 39.5 Å². The van der Waals surface area contributed by atoms with Crippen molar-refractivity contribution in [3.05, 3.63) is 5.82 Å². The van der Waals surface area contributed by atoms with Gasteiger partial charge in [-0.05, 0) is 37.1 Å². The fourth-order valence-corrected chi connectivity index (χ4v) is 2.61. The second-order valence-electron chi connectivity index (χ2n) is 5.87. The van der Waals surface area contributed by atoms with Gasteiger partial charge in [-0.2, -0.15) is 4.80 Å². The van der Waals surface area contributed by atoms with Gasteiger partial charge in [0.05, 0.1) is 13.6 Å². The third-order valence-electron chi connectivity index (χ3n) is 3.58. The summed E-state index contributed by atoms with van der Waals surface area (Å²) < 4.78 is 0. The Morgan fingerprint density at radius 2 is 2.21 bits per heavy atom. The molecule has 108 valence electrons. The Morgan fingerprint density at radius 3 is 2.89 bits per heavy atom. The Morgan fingerprint density at radius 1 is 1.37 bits per heavy atom. The number of hydrogen-bond acceptors (Lipinski definition) is 5. The molecule has 2 rings (SSSR count). The molecular formula is C13H26N6. The number of piperidine rings is 1. The Balaban J connectivity index is 1.84. The molecule has 1 N–H and O–H groups in total. The maximum absolute atomic E-state index is 4.28. The highest BCUT2D eigenvalue weighted by Crippen LogP contribution is 2.18. The molecule has 0 radical (unpaired) electrons. The number of hydrogen-bond donors (Lipinski definition) is 1. The molecule has 1 aliphatic heterocycles. The summed E-state index contributed by atoms with van der Waals surface area (Å²) in [7, 11) is 1.81. The van der Waals surface area contributed by atoms with E-state index in [1.54, 1.807) is 0 Å². The monoisotopic (exact) mass is 266 g/mol. The van der Waals surface area contributed by atoms with Crippen LogP contribution >= 0.6 is 0 Å². The third kappa shape index (κ3) is 4.54. The summed E-state index contributed by atoms with van der Waals surface area (Å²) in [6.07, 6.45) is 3.88. The molecule has 1 saturated heterocycles. The number of aromatic nitrogens is 4. The topological polar surface area (TPSA) is 58.9 Å². The lowest BCUT2D eigenvalue weighted by Gasteiger charge is -2.35. The molecule has 0 bridgehead atoms. The van der Waals surface area contributed by atoms with Crippen LogP contribution in [0.1, 0.15) is 38.9 Å². The van der Waals surface area contributed by atoms with E-state index in [0.29, 0.717) is 12.0 Å². The Bertz CT molecular complexity index is 375. The molecular weight excluding hydrogens is 240 g/mol. The molecule has 1 aliphatic rings. The summed E-state index contributed by atoms with van der Waals surface area (Å²) in [6.45, 7) is 8.62. The number of aryl methyl sites for hydroxylation is 1. The van der Waals surface area contributed by atoms with Crippen LogP contribution in [0, 0.1) is 5.92 Å². The second kappa shape index (κ2) is 6.96. The fraction of sp³-hybridized carbons (Fsp3) is 0.923. The number of nitrogens with one attached hydrogen (secondary N) is 1. The number of nitrogens with zero attached hydrogens (tertiary/aromatic N) is 5. The van der Waals surface area contributed by atoms with Crippen LogP contribution in [0.25, 0.3) is 0 Å². The lowest BCUT2D eigenvalue weighted by molar-refractivity contribution is 0.133. The van der Waals surface area contributed by atoms with Crippen molar-refractivity contribution >= 4 is 0 Å². The Labute approximate surface area is 115 Å². The average molecular weight is 266 g/mol. The maximum atomic E-state index is 4.28. The van der Waals surface area contributed by atoms with Gasteiger partial charge in [-0.3, -0.25) is 4.90 Å². The Kier molecular flexibility index (Phi) is 5.27. The summed E-state index contributed by atoms with van der Waals surface area (Å²) >= 11 is 0. The second-order valence-corrected chi connectivity index (χ2v) is 5.87. The van der Waals surface area contributed by atoms with Crippen molar-refractivity contribution < 1.29 is 0 Å². The zero-order valence-electron chi connectivity index (χ0n) is 12.3. The smallest absolute Gasteiger partial charge is 0.188 e. The Hall–Kier alpha value is -1.01. The fourth-order valence-electron chi connectivity index (χ4n) is 2.61. The van der Waals surface area contributed by atoms with Crippen LogP contribution in [0.2, 0.25) is 0 Å². The average Bonchev–Trinajstić information content (AvgIpc) is 2.77. The molecule has 1 fully saturated rings. The highest BCUT2D eigenvalue weighted by Gasteiger charge is 2.23. The SMILES string of the molecule is CC(C)CNCC1CCCCN1Cc1nnn(C)n1. The van der Waals surface area contributed by atoms with Gasteiger partial charge in [0.25, 0.3) is 0 Å². The van der Waals surface area contributed by atoms with Crippen molar-refractivity contribution in [2.45, 2.75) is 45.7 Å². The van der Waals surface area contributed by atoms with E-state index in [4.69, 9.17) is 0 Å². The van der Waals surface area contributed by atoms with Gasteiger partial charge < -0.3 is 5.32 Å². The molecule has 0 saturated carbocycles. The molecule has 1 aromatic rings. The molecule has 0 aliphatic carbocycles. The van der Waals surface area contributed by atoms with E-state index in [1.807, 2.05) is 7.05 Å². The summed E-state index contributed by atoms with van der Waals surface area (Å²) in [6, 6.07) is 0.608. The van der Waals surface area contributed by atoms with Crippen LogP contribution in [0.5, 0.6) is 0 Å². The minimum Gasteiger partial charge on any atom is -0.315 e. The molecule has 0 spiro atoms. The van der Waals surface area contributed by atoms with Crippen LogP contribution in [0.15, 0.2) is 0 Å². The molecule has 0 aromatic carbocycles. The minimum atomic E-state index is 0.608. The first-order valence-corrected chi connectivity index (χ1v) is 7.33. The van der Waals surface area contributed by atoms with Gasteiger partial charge >= 0.3 is 0 Å². The first-order chi connectivity index (χ1) is 9.15. The summed E-state index contributed by atoms with van der Waals surface area (Å²) in [5.74, 6) is 1.54. The van der Waals surface area contributed by atoms with Crippen molar-refractivity contribution in [1.29, 1.82) is 0 Å². The van der Waals surface area contributed by atoms with Gasteiger partial charge in [-0.25, -0.2) is 0 Å². The largest absolute Gasteiger partial charge is 0.315 e. The zero-order valence-corrected chi connectivity index (χ0v) is 12.3. The van der Waals surface area contributed by atoms with Gasteiger partial charge in [0.15, 0.2) is 5.82 Å². The van der Waals surface area contributed by atoms with Crippen molar-refractivity contribution in [2.75, 3.05) is 19.6 Å². The highest BCUT2D eigenvalue weighted by molar-refractivity contribution is 4.84. The highest BCUT2D eigenvalue weighted by atomic mass is 15.6. The van der Waals surface area contributed by atoms with Crippen LogP contribution in [0.3, 0.4) is 0 Å². The van der Waals surface area contributed by atoms with Crippen LogP contribution in [0.4, 0.5) is 0 Å². The first-order valence-electron chi connectivity index (χ1n) is 7.33. The van der Waals surface area contributed by atoms with Crippen LogP contribution < -0.4 is 5.32 Å². The third-order valence-corrected chi connectivity index (χ3v) is 3.58. The number of tetrazole rings is 1. The molecule has 2 heterocycles. The predicted molar refractivity (Wildman–Crippen MR) is 74.6 cm³/mol. The number of likely N-dealkylation sites (tertiary alicyclic amines) is 1. The molecule has 19 heavy (non-hydrogen) atoms. The standard InChI is InChI=1S/C13H26N6/c1-11(2)8-14-9-12-6-4-5-7-19(12)10-13-15-17-18(3)16-13/h11-12,14H,4-10H2,1-3H3. The lowest BCUT2D eigenvalue weighted by Crippen LogP contribution is -2.45. The summed E-state index contributed by atoms with van der Waals surface area (Å²) in [5.41, 5.74) is 0. The molecule has 1 atom stereocenters. The normalized spacial score (nSPS) is 21.2. The van der Waals surface area contributed by atoms with Gasteiger partial charge in [0.2, 0.25) is 0 Å². The van der Waals surface area contributed by atoms with Crippen molar-refractivity contribution in [1.82, 2.24) is 30.4 Å². The molecule has 6 heteroatoms. The summed E-state index contributed by atoms with van der Waals surface area (Å²) in [5, 5.41) is 15.9. The van der Waals surface area contributed by atoms with E-state index >= 15 is 0 Å². The van der Waals surface area contributed by atoms with E-state index < -0.39 is 0 Å². The van der Waals surface area contributed by atoms with Crippen molar-refractivity contribution in [3.63, 3.8) is 0 Å². The molecule has 0 amide bonds. The van der Waals surface area contributed by atoms with Crippen LogP contribution in [-0.4, -0.2) is 50.8 Å². The van der Waals surface area contributed by atoms with Crippen molar-refractivity contribution in [2.24, 2.45) is 13.0 Å². The van der Waals surface area contributed by atoms with E-state index in [9.17, 15) is 0 Å². The maximum Gasteiger partial charge on any atom is 0.188 e. The van der Waals surface area contributed by atoms with Gasteiger partial charge in [-0.1, -0.05) is 20.3 Å². The minimum absolute atomic E-state index is 0.608. The first kappa shape index (κ1) is 14.4. The van der Waals surface area contributed by atoms with E-state index in [-0.39, 0.29) is 0 Å². The van der Waals surface area contributed by atoms with E-state index in [1.165, 1.54) is 24.1 Å². The summed E-state index contributed by atoms with van der Waals surface area (Å²) in [4.78, 5) is 4.03. The van der Waals surface area contributed by atoms with Crippen molar-refractivity contribution in [3.8, 4) is 0 Å². The zero-order chi connectivity index (χ0) is 13.7. The molecule has 1 aromatic heterocycles. The predicted octanol–water partition coefficient (Wildman–Crippen LogP) is 0.810. The lowest BCUT2D eigenvalue weighted by atomic mass is 10.0. The molecule has 6 nitrogen and oxygen atoms in total. The van der Waals surface area contributed by atoms with Gasteiger partial charge in [0.1, 0.15) is 0 Å². The van der Waals surface area contributed by atoms with Crippen LogP contribution in [-0.2, 0) is 13.6 Å².